The molecule has 1 aliphatic heterocycles. The number of hydrogen-bond donors (Lipinski definition) is 2. The molecule has 1 fully saturated rings. The average molecular weight is 313 g/mol. The predicted molar refractivity (Wildman–Crippen MR) is 82.2 cm³/mol. The summed E-state index contributed by atoms with van der Waals surface area (Å²) in [4.78, 5) is 0. The predicted octanol–water partition coefficient (Wildman–Crippen LogP) is 3.16. The number of nitrogens with two attached hydrogens (primary N) is 1. The van der Waals surface area contributed by atoms with Crippen molar-refractivity contribution in [2.24, 2.45) is 10.9 Å². The SMILES string of the molecule is CC1(C)CC(Oc2ccc(/C(N)=N/O)cc2Cl)C(C)(C)O1. The van der Waals surface area contributed by atoms with Crippen molar-refractivity contribution in [3.63, 3.8) is 0 Å². The summed E-state index contributed by atoms with van der Waals surface area (Å²) in [7, 11) is 0. The summed E-state index contributed by atoms with van der Waals surface area (Å²) in [5, 5.41) is 12.0. The van der Waals surface area contributed by atoms with Crippen molar-refractivity contribution in [2.45, 2.75) is 51.4 Å². The second-order valence-corrected chi connectivity index (χ2v) is 6.81. The Hall–Kier alpha value is -1.46. The Morgan fingerprint density at radius 3 is 2.57 bits per heavy atom. The lowest BCUT2D eigenvalue weighted by Crippen LogP contribution is -2.36. The number of rotatable bonds is 3. The van der Waals surface area contributed by atoms with E-state index in [1.807, 2.05) is 27.7 Å². The summed E-state index contributed by atoms with van der Waals surface area (Å²) < 4.78 is 12.0. The zero-order chi connectivity index (χ0) is 15.8. The van der Waals surface area contributed by atoms with Gasteiger partial charge in [-0.2, -0.15) is 0 Å². The molecule has 21 heavy (non-hydrogen) atoms. The van der Waals surface area contributed by atoms with Crippen LogP contribution in [0.2, 0.25) is 5.02 Å². The van der Waals surface area contributed by atoms with Crippen LogP contribution >= 0.6 is 11.6 Å². The van der Waals surface area contributed by atoms with Gasteiger partial charge < -0.3 is 20.4 Å². The van der Waals surface area contributed by atoms with Crippen molar-refractivity contribution >= 4 is 17.4 Å². The Labute approximate surface area is 129 Å². The highest BCUT2D eigenvalue weighted by molar-refractivity contribution is 6.32. The van der Waals surface area contributed by atoms with E-state index in [-0.39, 0.29) is 17.5 Å². The molecule has 0 saturated carbocycles. The van der Waals surface area contributed by atoms with Gasteiger partial charge in [0.15, 0.2) is 5.84 Å². The lowest BCUT2D eigenvalue weighted by atomic mass is 9.97. The van der Waals surface area contributed by atoms with Crippen LogP contribution in [0.3, 0.4) is 0 Å². The van der Waals surface area contributed by atoms with E-state index in [4.69, 9.17) is 32.0 Å². The highest BCUT2D eigenvalue weighted by atomic mass is 35.5. The van der Waals surface area contributed by atoms with Crippen LogP contribution in [0.15, 0.2) is 23.4 Å². The Morgan fingerprint density at radius 2 is 2.10 bits per heavy atom. The van der Waals surface area contributed by atoms with Crippen molar-refractivity contribution in [2.75, 3.05) is 0 Å². The number of ether oxygens (including phenoxy) is 2. The lowest BCUT2D eigenvalue weighted by molar-refractivity contribution is -0.0845. The van der Waals surface area contributed by atoms with E-state index in [9.17, 15) is 0 Å². The molecule has 3 N–H and O–H groups in total. The normalized spacial score (nSPS) is 24.0. The van der Waals surface area contributed by atoms with Gasteiger partial charge in [0.05, 0.1) is 10.6 Å². The molecule has 0 amide bonds. The molecule has 5 nitrogen and oxygen atoms in total. The maximum absolute atomic E-state index is 8.68. The summed E-state index contributed by atoms with van der Waals surface area (Å²) in [6.07, 6.45) is 0.679. The number of nitrogens with zero attached hydrogens (tertiary/aromatic N) is 1. The van der Waals surface area contributed by atoms with Gasteiger partial charge in [-0.3, -0.25) is 0 Å². The van der Waals surface area contributed by atoms with Gasteiger partial charge in [0, 0.05) is 12.0 Å². The second-order valence-electron chi connectivity index (χ2n) is 6.41. The average Bonchev–Trinajstić information content (AvgIpc) is 2.58. The highest BCUT2D eigenvalue weighted by Crippen LogP contribution is 2.40. The van der Waals surface area contributed by atoms with Crippen molar-refractivity contribution in [3.8, 4) is 5.75 Å². The third-order valence-electron chi connectivity index (χ3n) is 3.60. The van der Waals surface area contributed by atoms with Crippen molar-refractivity contribution < 1.29 is 14.7 Å². The molecule has 0 radical (unpaired) electrons. The molecule has 0 aliphatic carbocycles. The van der Waals surface area contributed by atoms with Crippen molar-refractivity contribution in [1.82, 2.24) is 0 Å². The molecule has 1 aliphatic rings. The van der Waals surface area contributed by atoms with Crippen LogP contribution in [-0.4, -0.2) is 28.3 Å². The first-order chi connectivity index (χ1) is 9.64. The van der Waals surface area contributed by atoms with E-state index < -0.39 is 5.60 Å². The van der Waals surface area contributed by atoms with Crippen LogP contribution in [0.4, 0.5) is 0 Å². The largest absolute Gasteiger partial charge is 0.486 e. The topological polar surface area (TPSA) is 77.1 Å². The number of oxime groups is 1. The standard InChI is InChI=1S/C15H21ClN2O3/c1-14(2)8-12(15(3,4)21-14)20-11-6-5-9(7-10(11)16)13(17)18-19/h5-7,12,19H,8H2,1-4H3,(H2,17,18). The first kappa shape index (κ1) is 15.9. The molecule has 1 saturated heterocycles. The molecule has 1 atom stereocenters. The molecule has 1 aromatic rings. The van der Waals surface area contributed by atoms with Gasteiger partial charge in [-0.15, -0.1) is 0 Å². The zero-order valence-electron chi connectivity index (χ0n) is 12.7. The Bertz CT molecular complexity index is 570. The number of hydrogen-bond acceptors (Lipinski definition) is 4. The minimum absolute atomic E-state index is 0.00844. The van der Waals surface area contributed by atoms with Gasteiger partial charge in [-0.1, -0.05) is 16.8 Å². The fourth-order valence-corrected chi connectivity index (χ4v) is 2.89. The molecular weight excluding hydrogens is 292 g/mol. The molecule has 1 heterocycles. The first-order valence-electron chi connectivity index (χ1n) is 6.79. The third-order valence-corrected chi connectivity index (χ3v) is 3.89. The van der Waals surface area contributed by atoms with E-state index in [0.29, 0.717) is 16.3 Å². The van der Waals surface area contributed by atoms with Gasteiger partial charge in [0.25, 0.3) is 0 Å². The molecule has 116 valence electrons. The van der Waals surface area contributed by atoms with Crippen LogP contribution in [0.1, 0.15) is 39.7 Å². The van der Waals surface area contributed by atoms with Gasteiger partial charge in [-0.05, 0) is 45.9 Å². The van der Waals surface area contributed by atoms with Crippen LogP contribution in [0, 0.1) is 0 Å². The minimum atomic E-state index is -0.392. The third kappa shape index (κ3) is 3.41. The number of halogens is 1. The second kappa shape index (κ2) is 5.39. The highest BCUT2D eigenvalue weighted by Gasteiger charge is 2.47. The molecule has 1 unspecified atom stereocenters. The van der Waals surface area contributed by atoms with E-state index in [1.165, 1.54) is 0 Å². The fourth-order valence-electron chi connectivity index (χ4n) is 2.66. The lowest BCUT2D eigenvalue weighted by Gasteiger charge is -2.27. The molecule has 2 rings (SSSR count). The van der Waals surface area contributed by atoms with E-state index in [1.54, 1.807) is 18.2 Å². The molecule has 0 bridgehead atoms. The minimum Gasteiger partial charge on any atom is -0.486 e. The van der Waals surface area contributed by atoms with Crippen LogP contribution in [-0.2, 0) is 4.74 Å². The quantitative estimate of drug-likeness (QED) is 0.389. The summed E-state index contributed by atoms with van der Waals surface area (Å²) in [5.41, 5.74) is 5.46. The Balaban J connectivity index is 2.21. The molecule has 6 heteroatoms. The maximum Gasteiger partial charge on any atom is 0.170 e. The van der Waals surface area contributed by atoms with E-state index in [2.05, 4.69) is 5.16 Å². The van der Waals surface area contributed by atoms with Gasteiger partial charge in [-0.25, -0.2) is 0 Å². The Morgan fingerprint density at radius 1 is 1.43 bits per heavy atom. The van der Waals surface area contributed by atoms with Crippen LogP contribution in [0.25, 0.3) is 0 Å². The summed E-state index contributed by atoms with van der Waals surface area (Å²) >= 11 is 6.22. The van der Waals surface area contributed by atoms with Gasteiger partial charge in [0.2, 0.25) is 0 Å². The van der Waals surface area contributed by atoms with Crippen LogP contribution in [0.5, 0.6) is 5.75 Å². The monoisotopic (exact) mass is 312 g/mol. The maximum atomic E-state index is 8.68. The molecule has 0 spiro atoms. The number of benzene rings is 1. The fraction of sp³-hybridized carbons (Fsp3) is 0.533. The van der Waals surface area contributed by atoms with E-state index >= 15 is 0 Å². The summed E-state index contributed by atoms with van der Waals surface area (Å²) in [6.45, 7) is 8.10. The van der Waals surface area contributed by atoms with Gasteiger partial charge >= 0.3 is 0 Å². The molecular formula is C15H21ClN2O3. The van der Waals surface area contributed by atoms with Crippen molar-refractivity contribution in [1.29, 1.82) is 0 Å². The Kier molecular flexibility index (Phi) is 4.08. The van der Waals surface area contributed by atoms with E-state index in [0.717, 1.165) is 6.42 Å². The smallest absolute Gasteiger partial charge is 0.170 e. The summed E-state index contributed by atoms with van der Waals surface area (Å²) in [5.74, 6) is 0.569. The summed E-state index contributed by atoms with van der Waals surface area (Å²) in [6, 6.07) is 5.03. The molecule has 0 aromatic heterocycles. The zero-order valence-corrected chi connectivity index (χ0v) is 13.4. The number of amidine groups is 1. The first-order valence-corrected chi connectivity index (χ1v) is 7.17. The van der Waals surface area contributed by atoms with Crippen molar-refractivity contribution in [3.05, 3.63) is 28.8 Å². The van der Waals surface area contributed by atoms with Crippen LogP contribution < -0.4 is 10.5 Å². The molecule has 1 aromatic carbocycles. The van der Waals surface area contributed by atoms with Gasteiger partial charge in [0.1, 0.15) is 17.5 Å².